The quantitative estimate of drug-likeness (QED) is 0.677. The molecular weight excluding hydrogens is 186 g/mol. The van der Waals surface area contributed by atoms with Gasteiger partial charge in [-0.1, -0.05) is 0 Å². The maximum Gasteiger partial charge on any atom is 0.221 e. The first-order chi connectivity index (χ1) is 6.27. The Morgan fingerprint density at radius 2 is 2.15 bits per heavy atom. The molecule has 0 bridgehead atoms. The highest BCUT2D eigenvalue weighted by molar-refractivity contribution is 6.18. The maximum absolute atomic E-state index is 11.2. The van der Waals surface area contributed by atoms with Gasteiger partial charge in [-0.25, -0.2) is 0 Å². The highest BCUT2D eigenvalue weighted by atomic mass is 35.5. The molecule has 0 saturated heterocycles. The molecule has 2 nitrogen and oxygen atoms in total. The Kier molecular flexibility index (Phi) is 2.50. The summed E-state index contributed by atoms with van der Waals surface area (Å²) in [6.45, 7) is 0.896. The molecule has 2 rings (SSSR count). The lowest BCUT2D eigenvalue weighted by Gasteiger charge is -2.14. The largest absolute Gasteiger partial charge is 0.356 e. The summed E-state index contributed by atoms with van der Waals surface area (Å²) < 4.78 is 0. The number of hydrogen-bond acceptors (Lipinski definition) is 1. The normalized spacial score (nSPS) is 24.1. The molecule has 2 fully saturated rings. The van der Waals surface area contributed by atoms with Crippen molar-refractivity contribution in [2.45, 2.75) is 32.1 Å². The third-order valence-electron chi connectivity index (χ3n) is 3.29. The van der Waals surface area contributed by atoms with Gasteiger partial charge in [0.05, 0.1) is 0 Å². The standard InChI is InChI=1S/C10H16ClNO/c11-6-3-9(13)12-7-10(4-5-10)8-1-2-8/h8H,1-7H2,(H,12,13). The summed E-state index contributed by atoms with van der Waals surface area (Å²) in [5, 5.41) is 2.98. The Morgan fingerprint density at radius 3 is 2.62 bits per heavy atom. The molecular formula is C10H16ClNO. The van der Waals surface area contributed by atoms with Crippen LogP contribution in [0.15, 0.2) is 0 Å². The van der Waals surface area contributed by atoms with Gasteiger partial charge < -0.3 is 5.32 Å². The third-order valence-corrected chi connectivity index (χ3v) is 3.48. The number of carbonyl (C=O) groups excluding carboxylic acids is 1. The molecule has 0 aromatic rings. The molecule has 3 heteroatoms. The number of hydrogen-bond donors (Lipinski definition) is 1. The number of amides is 1. The summed E-state index contributed by atoms with van der Waals surface area (Å²) >= 11 is 5.48. The smallest absolute Gasteiger partial charge is 0.221 e. The van der Waals surface area contributed by atoms with Crippen LogP contribution in [0.1, 0.15) is 32.1 Å². The molecule has 74 valence electrons. The number of halogens is 1. The summed E-state index contributed by atoms with van der Waals surface area (Å²) in [7, 11) is 0. The second kappa shape index (κ2) is 3.49. The first-order valence-corrected chi connectivity index (χ1v) is 5.63. The van der Waals surface area contributed by atoms with Crippen LogP contribution in [0.3, 0.4) is 0 Å². The Labute approximate surface area is 84.0 Å². The molecule has 1 amide bonds. The van der Waals surface area contributed by atoms with Crippen LogP contribution in [0, 0.1) is 11.3 Å². The molecule has 13 heavy (non-hydrogen) atoms. The van der Waals surface area contributed by atoms with Crippen LogP contribution in [0.5, 0.6) is 0 Å². The van der Waals surface area contributed by atoms with Gasteiger partial charge >= 0.3 is 0 Å². The highest BCUT2D eigenvalue weighted by Gasteiger charge is 2.53. The minimum atomic E-state index is 0.113. The van der Waals surface area contributed by atoms with Crippen molar-refractivity contribution in [1.29, 1.82) is 0 Å². The predicted molar refractivity (Wildman–Crippen MR) is 52.7 cm³/mol. The minimum Gasteiger partial charge on any atom is -0.356 e. The molecule has 0 aromatic carbocycles. The topological polar surface area (TPSA) is 29.1 Å². The molecule has 2 aliphatic carbocycles. The first kappa shape index (κ1) is 9.32. The summed E-state index contributed by atoms with van der Waals surface area (Å²) in [6, 6.07) is 0. The Hall–Kier alpha value is -0.240. The first-order valence-electron chi connectivity index (χ1n) is 5.09. The molecule has 2 saturated carbocycles. The van der Waals surface area contributed by atoms with Gasteiger partial charge in [0.15, 0.2) is 0 Å². The Balaban J connectivity index is 1.69. The van der Waals surface area contributed by atoms with Gasteiger partial charge in [-0.05, 0) is 37.0 Å². The monoisotopic (exact) mass is 201 g/mol. The zero-order chi connectivity index (χ0) is 9.31. The summed E-state index contributed by atoms with van der Waals surface area (Å²) in [4.78, 5) is 11.2. The summed E-state index contributed by atoms with van der Waals surface area (Å²) in [5.41, 5.74) is 0.516. The lowest BCUT2D eigenvalue weighted by atomic mass is 10.0. The number of rotatable bonds is 5. The third kappa shape index (κ3) is 2.16. The predicted octanol–water partition coefficient (Wildman–Crippen LogP) is 1.92. The molecule has 0 spiro atoms. The second-order valence-electron chi connectivity index (χ2n) is 4.35. The van der Waals surface area contributed by atoms with Crippen LogP contribution in [-0.4, -0.2) is 18.3 Å². The fourth-order valence-electron chi connectivity index (χ4n) is 2.03. The van der Waals surface area contributed by atoms with Gasteiger partial charge in [0.25, 0.3) is 0 Å². The zero-order valence-electron chi connectivity index (χ0n) is 7.81. The molecule has 0 aromatic heterocycles. The van der Waals surface area contributed by atoms with E-state index in [0.29, 0.717) is 17.7 Å². The average molecular weight is 202 g/mol. The van der Waals surface area contributed by atoms with E-state index < -0.39 is 0 Å². The molecule has 1 N–H and O–H groups in total. The Morgan fingerprint density at radius 1 is 1.46 bits per heavy atom. The molecule has 0 aliphatic heterocycles. The van der Waals surface area contributed by atoms with E-state index in [1.54, 1.807) is 0 Å². The molecule has 0 heterocycles. The van der Waals surface area contributed by atoms with Gasteiger partial charge in [-0.2, -0.15) is 0 Å². The van der Waals surface area contributed by atoms with Crippen molar-refractivity contribution in [1.82, 2.24) is 5.32 Å². The van der Waals surface area contributed by atoms with Crippen LogP contribution >= 0.6 is 11.6 Å². The van der Waals surface area contributed by atoms with Crippen LogP contribution in [0.25, 0.3) is 0 Å². The van der Waals surface area contributed by atoms with Crippen molar-refractivity contribution in [2.24, 2.45) is 11.3 Å². The van der Waals surface area contributed by atoms with Gasteiger partial charge in [0.1, 0.15) is 0 Å². The number of alkyl halides is 1. The van der Waals surface area contributed by atoms with E-state index in [2.05, 4.69) is 5.32 Å². The van der Waals surface area contributed by atoms with Crippen LogP contribution in [0.4, 0.5) is 0 Å². The maximum atomic E-state index is 11.2. The van der Waals surface area contributed by atoms with Crippen LogP contribution in [0.2, 0.25) is 0 Å². The van der Waals surface area contributed by atoms with Crippen LogP contribution < -0.4 is 5.32 Å². The van der Waals surface area contributed by atoms with Crippen molar-refractivity contribution >= 4 is 17.5 Å². The number of carbonyl (C=O) groups is 1. The Bertz CT molecular complexity index is 209. The van der Waals surface area contributed by atoms with E-state index in [1.165, 1.54) is 25.7 Å². The SMILES string of the molecule is O=C(CCCl)NCC1(C2CC2)CC1. The van der Waals surface area contributed by atoms with E-state index in [-0.39, 0.29) is 5.91 Å². The van der Waals surface area contributed by atoms with Gasteiger partial charge in [0.2, 0.25) is 5.91 Å². The fraction of sp³-hybridized carbons (Fsp3) is 0.900. The zero-order valence-corrected chi connectivity index (χ0v) is 8.57. The van der Waals surface area contributed by atoms with E-state index in [9.17, 15) is 4.79 Å². The summed E-state index contributed by atoms with van der Waals surface area (Å²) in [6.07, 6.45) is 5.86. The van der Waals surface area contributed by atoms with Gasteiger partial charge in [-0.15, -0.1) is 11.6 Å². The van der Waals surface area contributed by atoms with Crippen molar-refractivity contribution in [3.8, 4) is 0 Å². The number of nitrogens with one attached hydrogen (secondary N) is 1. The molecule has 0 unspecified atom stereocenters. The van der Waals surface area contributed by atoms with Crippen molar-refractivity contribution in [2.75, 3.05) is 12.4 Å². The lowest BCUT2D eigenvalue weighted by molar-refractivity contribution is -0.121. The van der Waals surface area contributed by atoms with Gasteiger partial charge in [-0.3, -0.25) is 4.79 Å². The van der Waals surface area contributed by atoms with E-state index in [1.807, 2.05) is 0 Å². The van der Waals surface area contributed by atoms with E-state index >= 15 is 0 Å². The van der Waals surface area contributed by atoms with Crippen LogP contribution in [-0.2, 0) is 4.79 Å². The molecule has 0 radical (unpaired) electrons. The van der Waals surface area contributed by atoms with Crippen molar-refractivity contribution < 1.29 is 4.79 Å². The van der Waals surface area contributed by atoms with E-state index in [4.69, 9.17) is 11.6 Å². The average Bonchev–Trinajstić information content (AvgIpc) is 2.95. The van der Waals surface area contributed by atoms with Gasteiger partial charge in [0, 0.05) is 18.8 Å². The van der Waals surface area contributed by atoms with E-state index in [0.717, 1.165) is 12.5 Å². The second-order valence-corrected chi connectivity index (χ2v) is 4.73. The fourth-order valence-corrected chi connectivity index (χ4v) is 2.21. The molecule has 0 atom stereocenters. The minimum absolute atomic E-state index is 0.113. The molecule has 2 aliphatic rings. The summed E-state index contributed by atoms with van der Waals surface area (Å²) in [5.74, 6) is 1.47. The van der Waals surface area contributed by atoms with Crippen molar-refractivity contribution in [3.05, 3.63) is 0 Å². The highest BCUT2D eigenvalue weighted by Crippen LogP contribution is 2.60. The van der Waals surface area contributed by atoms with Crippen molar-refractivity contribution in [3.63, 3.8) is 0 Å². The lowest BCUT2D eigenvalue weighted by Crippen LogP contribution is -2.31.